The highest BCUT2D eigenvalue weighted by molar-refractivity contribution is 5.95. The lowest BCUT2D eigenvalue weighted by atomic mass is 9.99. The van der Waals surface area contributed by atoms with Gasteiger partial charge in [0.1, 0.15) is 6.61 Å². The maximum atomic E-state index is 13.0. The second-order valence-electron chi connectivity index (χ2n) is 7.06. The van der Waals surface area contributed by atoms with Crippen molar-refractivity contribution < 1.29 is 13.9 Å². The second kappa shape index (κ2) is 7.97. The molecule has 26 heavy (non-hydrogen) atoms. The third kappa shape index (κ3) is 3.94. The summed E-state index contributed by atoms with van der Waals surface area (Å²) in [5.74, 6) is 1.35. The number of likely N-dealkylation sites (N-methyl/N-ethyl adjacent to an activating group) is 1. The van der Waals surface area contributed by atoms with Crippen LogP contribution < -0.4 is 0 Å². The molecule has 7 nitrogen and oxygen atoms in total. The molecule has 2 aromatic rings. The van der Waals surface area contributed by atoms with Crippen molar-refractivity contribution in [3.05, 3.63) is 35.7 Å². The first kappa shape index (κ1) is 18.5. The summed E-state index contributed by atoms with van der Waals surface area (Å²) in [6.07, 6.45) is 0. The van der Waals surface area contributed by atoms with E-state index in [1.165, 1.54) is 0 Å². The molecule has 0 radical (unpaired) electrons. The molecule has 1 aliphatic heterocycles. The molecule has 0 unspecified atom stereocenters. The number of hydrogen-bond donors (Lipinski definition) is 0. The monoisotopic (exact) mass is 358 g/mol. The van der Waals surface area contributed by atoms with Gasteiger partial charge in [-0.15, -0.1) is 10.2 Å². The molecule has 1 amide bonds. The van der Waals surface area contributed by atoms with Gasteiger partial charge >= 0.3 is 0 Å². The normalized spacial score (nSPS) is 18.5. The molecule has 1 atom stereocenters. The van der Waals surface area contributed by atoms with Gasteiger partial charge in [0.15, 0.2) is 0 Å². The number of hydrogen-bond acceptors (Lipinski definition) is 6. The average Bonchev–Trinajstić information content (AvgIpc) is 3.10. The molecule has 0 saturated carbocycles. The highest BCUT2D eigenvalue weighted by Gasteiger charge is 2.29. The number of rotatable bonds is 5. The SMILES string of the molecule is COCc1nnc(-c2cccc(C(=O)N3CCN(C)[C@H](C(C)C)C3)c2)o1. The lowest BCUT2D eigenvalue weighted by Crippen LogP contribution is -2.55. The smallest absolute Gasteiger partial charge is 0.253 e. The van der Waals surface area contributed by atoms with Crippen LogP contribution >= 0.6 is 0 Å². The zero-order chi connectivity index (χ0) is 18.7. The lowest BCUT2D eigenvalue weighted by molar-refractivity contribution is 0.0465. The van der Waals surface area contributed by atoms with Crippen molar-refractivity contribution in [2.24, 2.45) is 5.92 Å². The quantitative estimate of drug-likeness (QED) is 0.817. The van der Waals surface area contributed by atoms with Crippen molar-refractivity contribution in [3.8, 4) is 11.5 Å². The Labute approximate surface area is 153 Å². The van der Waals surface area contributed by atoms with E-state index in [-0.39, 0.29) is 12.5 Å². The van der Waals surface area contributed by atoms with Crippen LogP contribution in [0.1, 0.15) is 30.1 Å². The number of carbonyl (C=O) groups is 1. The third-order valence-electron chi connectivity index (χ3n) is 4.84. The standard InChI is InChI=1S/C19H26N4O3/c1-13(2)16-11-23(9-8-22(16)3)19(24)15-7-5-6-14(10-15)18-21-20-17(26-18)12-25-4/h5-7,10,13,16H,8-9,11-12H2,1-4H3/t16-/m0/s1. The summed E-state index contributed by atoms with van der Waals surface area (Å²) in [5, 5.41) is 7.98. The van der Waals surface area contributed by atoms with Gasteiger partial charge in [0, 0.05) is 43.9 Å². The molecule has 7 heteroatoms. The first-order valence-electron chi connectivity index (χ1n) is 8.91. The Bertz CT molecular complexity index is 759. The van der Waals surface area contributed by atoms with E-state index >= 15 is 0 Å². The van der Waals surface area contributed by atoms with E-state index in [0.717, 1.165) is 25.2 Å². The maximum absolute atomic E-state index is 13.0. The number of aromatic nitrogens is 2. The first-order valence-corrected chi connectivity index (χ1v) is 8.91. The van der Waals surface area contributed by atoms with E-state index in [4.69, 9.17) is 9.15 Å². The Morgan fingerprint density at radius 3 is 2.88 bits per heavy atom. The van der Waals surface area contributed by atoms with Crippen molar-refractivity contribution in [3.63, 3.8) is 0 Å². The van der Waals surface area contributed by atoms with Crippen molar-refractivity contribution in [1.82, 2.24) is 20.0 Å². The van der Waals surface area contributed by atoms with Crippen molar-refractivity contribution in [2.75, 3.05) is 33.8 Å². The number of ether oxygens (including phenoxy) is 1. The van der Waals surface area contributed by atoms with E-state index < -0.39 is 0 Å². The van der Waals surface area contributed by atoms with Crippen molar-refractivity contribution in [1.29, 1.82) is 0 Å². The Balaban J connectivity index is 1.77. The Morgan fingerprint density at radius 1 is 1.35 bits per heavy atom. The lowest BCUT2D eigenvalue weighted by Gasteiger charge is -2.41. The second-order valence-corrected chi connectivity index (χ2v) is 7.06. The fourth-order valence-electron chi connectivity index (χ4n) is 3.32. The Hall–Kier alpha value is -2.25. The number of piperazine rings is 1. The van der Waals surface area contributed by atoms with Gasteiger partial charge in [0.2, 0.25) is 11.8 Å². The summed E-state index contributed by atoms with van der Waals surface area (Å²) in [6.45, 7) is 7.03. The summed E-state index contributed by atoms with van der Waals surface area (Å²) in [4.78, 5) is 17.3. The minimum Gasteiger partial charge on any atom is -0.418 e. The molecule has 3 rings (SSSR count). The summed E-state index contributed by atoms with van der Waals surface area (Å²) >= 11 is 0. The summed E-state index contributed by atoms with van der Waals surface area (Å²) in [6, 6.07) is 7.74. The van der Waals surface area contributed by atoms with E-state index in [1.54, 1.807) is 7.11 Å². The molecule has 1 fully saturated rings. The van der Waals surface area contributed by atoms with Crippen LogP contribution in [0.2, 0.25) is 0 Å². The minimum atomic E-state index is 0.0437. The largest absolute Gasteiger partial charge is 0.418 e. The molecule has 0 N–H and O–H groups in total. The Kier molecular flexibility index (Phi) is 5.68. The topological polar surface area (TPSA) is 71.7 Å². The van der Waals surface area contributed by atoms with Crippen LogP contribution in [0.5, 0.6) is 0 Å². The number of nitrogens with zero attached hydrogens (tertiary/aromatic N) is 4. The van der Waals surface area contributed by atoms with E-state index in [2.05, 4.69) is 36.0 Å². The van der Waals surface area contributed by atoms with E-state index in [0.29, 0.717) is 29.3 Å². The van der Waals surface area contributed by atoms with Gasteiger partial charge in [0.05, 0.1) is 0 Å². The fourth-order valence-corrected chi connectivity index (χ4v) is 3.32. The van der Waals surface area contributed by atoms with Crippen LogP contribution in [0.4, 0.5) is 0 Å². The molecule has 2 heterocycles. The van der Waals surface area contributed by atoms with Crippen LogP contribution in [0.25, 0.3) is 11.5 Å². The van der Waals surface area contributed by atoms with Gasteiger partial charge < -0.3 is 14.1 Å². The average molecular weight is 358 g/mol. The zero-order valence-corrected chi connectivity index (χ0v) is 15.8. The van der Waals surface area contributed by atoms with Crippen LogP contribution in [-0.2, 0) is 11.3 Å². The number of carbonyl (C=O) groups excluding carboxylic acids is 1. The van der Waals surface area contributed by atoms with Gasteiger partial charge in [-0.3, -0.25) is 9.69 Å². The van der Waals surface area contributed by atoms with E-state index in [1.807, 2.05) is 29.2 Å². The summed E-state index contributed by atoms with van der Waals surface area (Å²) < 4.78 is 10.6. The predicted octanol–water partition coefficient (Wildman–Crippen LogP) is 2.30. The number of amides is 1. The van der Waals surface area contributed by atoms with Crippen LogP contribution in [0.3, 0.4) is 0 Å². The van der Waals surface area contributed by atoms with Crippen molar-refractivity contribution >= 4 is 5.91 Å². The maximum Gasteiger partial charge on any atom is 0.253 e. The van der Waals surface area contributed by atoms with Gasteiger partial charge in [-0.25, -0.2) is 0 Å². The molecular weight excluding hydrogens is 332 g/mol. The Morgan fingerprint density at radius 2 is 2.15 bits per heavy atom. The fraction of sp³-hybridized carbons (Fsp3) is 0.526. The number of benzene rings is 1. The minimum absolute atomic E-state index is 0.0437. The van der Waals surface area contributed by atoms with Crippen LogP contribution in [-0.4, -0.2) is 65.7 Å². The summed E-state index contributed by atoms with van der Waals surface area (Å²) in [5.41, 5.74) is 1.38. The van der Waals surface area contributed by atoms with Crippen molar-refractivity contribution in [2.45, 2.75) is 26.5 Å². The van der Waals surface area contributed by atoms with Gasteiger partial charge in [-0.1, -0.05) is 19.9 Å². The highest BCUT2D eigenvalue weighted by atomic mass is 16.5. The third-order valence-corrected chi connectivity index (χ3v) is 4.84. The molecule has 1 aliphatic rings. The van der Waals surface area contributed by atoms with Crippen LogP contribution in [0, 0.1) is 5.92 Å². The number of methoxy groups -OCH3 is 1. The molecule has 1 saturated heterocycles. The molecule has 0 aliphatic carbocycles. The molecule has 0 bridgehead atoms. The molecule has 140 valence electrons. The zero-order valence-electron chi connectivity index (χ0n) is 15.8. The first-order chi connectivity index (χ1) is 12.5. The summed E-state index contributed by atoms with van der Waals surface area (Å²) in [7, 11) is 3.70. The predicted molar refractivity (Wildman–Crippen MR) is 97.6 cm³/mol. The van der Waals surface area contributed by atoms with Gasteiger partial charge in [-0.05, 0) is 31.2 Å². The molecule has 1 aromatic heterocycles. The van der Waals surface area contributed by atoms with Gasteiger partial charge in [-0.2, -0.15) is 0 Å². The van der Waals surface area contributed by atoms with Gasteiger partial charge in [0.25, 0.3) is 5.91 Å². The van der Waals surface area contributed by atoms with Crippen LogP contribution in [0.15, 0.2) is 28.7 Å². The molecule has 1 aromatic carbocycles. The molecular formula is C19H26N4O3. The molecule has 0 spiro atoms. The van der Waals surface area contributed by atoms with E-state index in [9.17, 15) is 4.79 Å². The highest BCUT2D eigenvalue weighted by Crippen LogP contribution is 2.22.